The molecule has 5 nitrogen and oxygen atoms in total. The van der Waals surface area contributed by atoms with Crippen LogP contribution in [0, 0.1) is 5.92 Å². The van der Waals surface area contributed by atoms with Crippen LogP contribution in [0.15, 0.2) is 0 Å². The van der Waals surface area contributed by atoms with Gasteiger partial charge in [0.25, 0.3) is 0 Å². The molecule has 0 bridgehead atoms. The molecule has 0 aliphatic carbocycles. The Hall–Kier alpha value is 0.0700. The van der Waals surface area contributed by atoms with E-state index in [4.69, 9.17) is 13.8 Å². The molecule has 0 heterocycles. The molecule has 0 saturated carbocycles. The van der Waals surface area contributed by atoms with E-state index in [1.807, 2.05) is 6.92 Å². The number of hydrogen-bond donors (Lipinski definition) is 0. The number of methoxy groups -OCH3 is 1. The maximum absolute atomic E-state index is 12.2. The molecule has 0 radical (unpaired) electrons. The van der Waals surface area contributed by atoms with Gasteiger partial charge in [-0.1, -0.05) is 84.5 Å². The number of quaternary nitrogens is 1. The van der Waals surface area contributed by atoms with Crippen molar-refractivity contribution in [2.45, 2.75) is 97.8 Å². The summed E-state index contributed by atoms with van der Waals surface area (Å²) in [5.41, 5.74) is 0. The SMILES string of the molecule is CCCCCCCCCCCCCC(C)C[N+](C)(CCOC)CCOP(C)(=O)OCC. The molecule has 0 aliphatic heterocycles. The highest BCUT2D eigenvalue weighted by molar-refractivity contribution is 7.52. The van der Waals surface area contributed by atoms with Crippen molar-refractivity contribution < 1.29 is 22.8 Å². The van der Waals surface area contributed by atoms with Gasteiger partial charge in [0.1, 0.15) is 19.7 Å². The van der Waals surface area contributed by atoms with E-state index in [0.717, 1.165) is 30.7 Å². The molecule has 0 N–H and O–H groups in total. The molecule has 188 valence electrons. The van der Waals surface area contributed by atoms with Crippen LogP contribution >= 0.6 is 7.60 Å². The van der Waals surface area contributed by atoms with Crippen molar-refractivity contribution >= 4 is 7.60 Å². The van der Waals surface area contributed by atoms with Gasteiger partial charge in [-0.3, -0.25) is 4.57 Å². The van der Waals surface area contributed by atoms with Gasteiger partial charge >= 0.3 is 7.60 Å². The van der Waals surface area contributed by atoms with Gasteiger partial charge in [-0.05, 0) is 13.3 Å². The monoisotopic (exact) mass is 464 g/mol. The highest BCUT2D eigenvalue weighted by Crippen LogP contribution is 2.43. The maximum Gasteiger partial charge on any atom is 0.327 e. The summed E-state index contributed by atoms with van der Waals surface area (Å²) >= 11 is 0. The third-order valence-electron chi connectivity index (χ3n) is 6.21. The first kappa shape index (κ1) is 31.1. The fraction of sp³-hybridized carbons (Fsp3) is 1.00. The predicted octanol–water partition coefficient (Wildman–Crippen LogP) is 7.29. The summed E-state index contributed by atoms with van der Waals surface area (Å²) in [6.45, 7) is 12.5. The highest BCUT2D eigenvalue weighted by atomic mass is 31.2. The molecule has 0 fully saturated rings. The molecule has 31 heavy (non-hydrogen) atoms. The van der Waals surface area contributed by atoms with E-state index in [1.165, 1.54) is 77.0 Å². The van der Waals surface area contributed by atoms with E-state index in [0.29, 0.717) is 19.1 Å². The largest absolute Gasteiger partial charge is 0.379 e. The Morgan fingerprint density at radius 2 is 1.32 bits per heavy atom. The molecule has 0 aromatic rings. The first-order chi connectivity index (χ1) is 14.8. The van der Waals surface area contributed by atoms with E-state index >= 15 is 0 Å². The van der Waals surface area contributed by atoms with Crippen molar-refractivity contribution in [1.29, 1.82) is 0 Å². The summed E-state index contributed by atoms with van der Waals surface area (Å²) in [5.74, 6) is 0.667. The molecular formula is C25H55NO4P+. The second-order valence-corrected chi connectivity index (χ2v) is 11.8. The minimum atomic E-state index is -2.92. The predicted molar refractivity (Wildman–Crippen MR) is 134 cm³/mol. The zero-order chi connectivity index (χ0) is 23.4. The molecule has 0 amide bonds. The summed E-state index contributed by atoms with van der Waals surface area (Å²) in [6.07, 6.45) is 16.6. The van der Waals surface area contributed by atoms with Crippen molar-refractivity contribution in [1.82, 2.24) is 0 Å². The Labute approximate surface area is 194 Å². The van der Waals surface area contributed by atoms with E-state index in [9.17, 15) is 4.57 Å². The fourth-order valence-corrected chi connectivity index (χ4v) is 5.26. The van der Waals surface area contributed by atoms with Gasteiger partial charge in [-0.2, -0.15) is 0 Å². The molecule has 6 heteroatoms. The van der Waals surface area contributed by atoms with Crippen LogP contribution in [-0.4, -0.2) is 64.8 Å². The Morgan fingerprint density at radius 3 is 1.84 bits per heavy atom. The zero-order valence-electron chi connectivity index (χ0n) is 21.8. The Balaban J connectivity index is 4.04. The van der Waals surface area contributed by atoms with Crippen LogP contribution in [0.25, 0.3) is 0 Å². The van der Waals surface area contributed by atoms with Crippen LogP contribution in [0.2, 0.25) is 0 Å². The molecule has 0 saturated heterocycles. The van der Waals surface area contributed by atoms with Crippen LogP contribution < -0.4 is 0 Å². The minimum absolute atomic E-state index is 0.416. The molecule has 3 atom stereocenters. The lowest BCUT2D eigenvalue weighted by molar-refractivity contribution is -0.913. The smallest absolute Gasteiger partial charge is 0.327 e. The van der Waals surface area contributed by atoms with Gasteiger partial charge in [-0.25, -0.2) is 0 Å². The Kier molecular flexibility index (Phi) is 19.6. The molecule has 3 unspecified atom stereocenters. The molecule has 0 rings (SSSR count). The third-order valence-corrected chi connectivity index (χ3v) is 7.59. The number of nitrogens with zero attached hydrogens (tertiary/aromatic N) is 1. The van der Waals surface area contributed by atoms with E-state index in [1.54, 1.807) is 13.8 Å². The minimum Gasteiger partial charge on any atom is -0.379 e. The Bertz CT molecular complexity index is 449. The van der Waals surface area contributed by atoms with Gasteiger partial charge in [0, 0.05) is 19.7 Å². The zero-order valence-corrected chi connectivity index (χ0v) is 22.7. The van der Waals surface area contributed by atoms with Gasteiger partial charge in [0.2, 0.25) is 0 Å². The lowest BCUT2D eigenvalue weighted by Crippen LogP contribution is -2.50. The molecule has 0 aromatic heterocycles. The van der Waals surface area contributed by atoms with Crippen molar-refractivity contribution in [3.63, 3.8) is 0 Å². The normalized spacial score (nSPS) is 16.7. The third kappa shape index (κ3) is 19.3. The van der Waals surface area contributed by atoms with Gasteiger partial charge in [0.15, 0.2) is 0 Å². The first-order valence-electron chi connectivity index (χ1n) is 13.0. The van der Waals surface area contributed by atoms with Crippen LogP contribution in [0.1, 0.15) is 97.8 Å². The number of ether oxygens (including phenoxy) is 1. The van der Waals surface area contributed by atoms with Gasteiger partial charge in [0.05, 0.1) is 26.8 Å². The Morgan fingerprint density at radius 1 is 0.806 bits per heavy atom. The first-order valence-corrected chi connectivity index (χ1v) is 15.0. The molecule has 0 spiro atoms. The van der Waals surface area contributed by atoms with Gasteiger partial charge in [-0.15, -0.1) is 0 Å². The number of likely N-dealkylation sites (N-methyl/N-ethyl adjacent to an activating group) is 1. The van der Waals surface area contributed by atoms with Crippen LogP contribution in [0.5, 0.6) is 0 Å². The van der Waals surface area contributed by atoms with Crippen molar-refractivity contribution in [3.8, 4) is 0 Å². The maximum atomic E-state index is 12.2. The summed E-state index contributed by atoms with van der Waals surface area (Å²) < 4.78 is 29.2. The van der Waals surface area contributed by atoms with Crippen molar-refractivity contribution in [2.24, 2.45) is 5.92 Å². The second kappa shape index (κ2) is 19.5. The number of hydrogen-bond acceptors (Lipinski definition) is 4. The average molecular weight is 465 g/mol. The van der Waals surface area contributed by atoms with E-state index in [-0.39, 0.29) is 0 Å². The van der Waals surface area contributed by atoms with Crippen LogP contribution in [-0.2, 0) is 18.3 Å². The lowest BCUT2D eigenvalue weighted by atomic mass is 10.00. The number of unbranched alkanes of at least 4 members (excludes halogenated alkanes) is 10. The quantitative estimate of drug-likeness (QED) is 0.0904. The standard InChI is InChI=1S/C25H55NO4P/c1-7-9-10-11-12-13-14-15-16-17-18-19-25(3)24-26(4,20-22-28-5)21-23-30-31(6,27)29-8-2/h25H,7-24H2,1-6H3/q+1. The molecule has 0 aliphatic rings. The fourth-order valence-electron chi connectivity index (χ4n) is 4.31. The summed E-state index contributed by atoms with van der Waals surface area (Å²) in [6, 6.07) is 0. The topological polar surface area (TPSA) is 44.8 Å². The van der Waals surface area contributed by atoms with Gasteiger partial charge < -0.3 is 18.3 Å². The summed E-state index contributed by atoms with van der Waals surface area (Å²) in [5, 5.41) is 0. The lowest BCUT2D eigenvalue weighted by Gasteiger charge is -2.36. The van der Waals surface area contributed by atoms with Crippen LogP contribution in [0.4, 0.5) is 0 Å². The molecular weight excluding hydrogens is 409 g/mol. The summed E-state index contributed by atoms with van der Waals surface area (Å²) in [4.78, 5) is 0. The van der Waals surface area contributed by atoms with E-state index in [2.05, 4.69) is 20.9 Å². The number of rotatable bonds is 23. The summed E-state index contributed by atoms with van der Waals surface area (Å²) in [7, 11) is 1.10. The second-order valence-electron chi connectivity index (χ2n) is 9.69. The highest BCUT2D eigenvalue weighted by Gasteiger charge is 2.26. The van der Waals surface area contributed by atoms with Crippen molar-refractivity contribution in [2.75, 3.05) is 60.3 Å². The van der Waals surface area contributed by atoms with E-state index < -0.39 is 7.60 Å². The van der Waals surface area contributed by atoms with Crippen LogP contribution in [0.3, 0.4) is 0 Å². The van der Waals surface area contributed by atoms with Crippen molar-refractivity contribution in [3.05, 3.63) is 0 Å². The average Bonchev–Trinajstić information content (AvgIpc) is 2.70. The molecule has 0 aromatic carbocycles.